The summed E-state index contributed by atoms with van der Waals surface area (Å²) in [4.78, 5) is 12.8. The van der Waals surface area contributed by atoms with Crippen LogP contribution in [0.15, 0.2) is 48.5 Å². The third-order valence-electron chi connectivity index (χ3n) is 3.76. The molecule has 0 fully saturated rings. The van der Waals surface area contributed by atoms with Crippen LogP contribution in [0.5, 0.6) is 5.75 Å². The third-order valence-corrected chi connectivity index (χ3v) is 4.12. The van der Waals surface area contributed by atoms with E-state index >= 15 is 0 Å². The standard InChI is InChI=1S/C18H17N3O2S/c1-12-8-10-14(11-9-12)20-13(2)19-21(18(20)24)17(22)15-6-4-5-7-16(15)23-3/h4-11H,1-3H3. The van der Waals surface area contributed by atoms with Crippen LogP contribution in [0, 0.1) is 18.6 Å². The van der Waals surface area contributed by atoms with Crippen molar-refractivity contribution in [1.29, 1.82) is 0 Å². The summed E-state index contributed by atoms with van der Waals surface area (Å²) in [5, 5.41) is 4.33. The molecule has 3 aromatic rings. The summed E-state index contributed by atoms with van der Waals surface area (Å²) in [7, 11) is 1.53. The molecule has 0 radical (unpaired) electrons. The number of para-hydroxylation sites is 1. The topological polar surface area (TPSA) is 49.1 Å². The van der Waals surface area contributed by atoms with Crippen LogP contribution in [0.2, 0.25) is 0 Å². The van der Waals surface area contributed by atoms with Gasteiger partial charge in [0.05, 0.1) is 12.7 Å². The fraction of sp³-hybridized carbons (Fsp3) is 0.167. The number of carbonyl (C=O) groups is 1. The highest BCUT2D eigenvalue weighted by molar-refractivity contribution is 7.71. The Bertz CT molecular complexity index is 955. The number of rotatable bonds is 3. The highest BCUT2D eigenvalue weighted by Crippen LogP contribution is 2.20. The molecule has 0 aliphatic rings. The van der Waals surface area contributed by atoms with Crippen LogP contribution in [-0.4, -0.2) is 27.4 Å². The number of hydrogen-bond acceptors (Lipinski definition) is 4. The average Bonchev–Trinajstić information content (AvgIpc) is 2.89. The predicted octanol–water partition coefficient (Wildman–Crippen LogP) is 3.72. The van der Waals surface area contributed by atoms with Crippen LogP contribution in [0.3, 0.4) is 0 Å². The van der Waals surface area contributed by atoms with E-state index in [-0.39, 0.29) is 5.91 Å². The second-order valence-corrected chi connectivity index (χ2v) is 5.78. The molecule has 0 unspecified atom stereocenters. The molecule has 1 aromatic heterocycles. The lowest BCUT2D eigenvalue weighted by atomic mass is 10.2. The van der Waals surface area contributed by atoms with Crippen LogP contribution in [0.4, 0.5) is 0 Å². The van der Waals surface area contributed by atoms with E-state index in [1.807, 2.05) is 44.2 Å². The van der Waals surface area contributed by atoms with E-state index in [1.54, 1.807) is 22.8 Å². The summed E-state index contributed by atoms with van der Waals surface area (Å²) < 4.78 is 8.60. The minimum Gasteiger partial charge on any atom is -0.496 e. The molecule has 0 saturated heterocycles. The van der Waals surface area contributed by atoms with Crippen molar-refractivity contribution < 1.29 is 9.53 Å². The molecule has 0 saturated carbocycles. The molecule has 0 bridgehead atoms. The summed E-state index contributed by atoms with van der Waals surface area (Å²) in [6.45, 7) is 3.84. The SMILES string of the molecule is COc1ccccc1C(=O)n1nc(C)n(-c2ccc(C)cc2)c1=S. The zero-order valence-electron chi connectivity index (χ0n) is 13.7. The fourth-order valence-electron chi connectivity index (χ4n) is 2.52. The molecule has 1 heterocycles. The molecule has 6 heteroatoms. The average molecular weight is 339 g/mol. The number of nitrogens with zero attached hydrogens (tertiary/aromatic N) is 3. The molecule has 5 nitrogen and oxygen atoms in total. The van der Waals surface area contributed by atoms with Gasteiger partial charge in [-0.3, -0.25) is 9.36 Å². The second kappa shape index (κ2) is 6.41. The number of benzene rings is 2. The van der Waals surface area contributed by atoms with Gasteiger partial charge in [0.25, 0.3) is 5.91 Å². The van der Waals surface area contributed by atoms with Crippen molar-refractivity contribution in [3.8, 4) is 11.4 Å². The van der Waals surface area contributed by atoms with E-state index in [1.165, 1.54) is 11.8 Å². The molecule has 3 rings (SSSR count). The Morgan fingerprint density at radius 2 is 1.75 bits per heavy atom. The van der Waals surface area contributed by atoms with Crippen molar-refractivity contribution in [3.63, 3.8) is 0 Å². The van der Waals surface area contributed by atoms with E-state index in [0.717, 1.165) is 11.3 Å². The summed E-state index contributed by atoms with van der Waals surface area (Å²) in [5.74, 6) is 0.824. The summed E-state index contributed by atoms with van der Waals surface area (Å²) in [6.07, 6.45) is 0. The van der Waals surface area contributed by atoms with Crippen LogP contribution in [0.1, 0.15) is 21.7 Å². The van der Waals surface area contributed by atoms with Gasteiger partial charge in [-0.1, -0.05) is 29.8 Å². The molecule has 0 amide bonds. The summed E-state index contributed by atoms with van der Waals surface area (Å²) in [6, 6.07) is 14.9. The van der Waals surface area contributed by atoms with E-state index < -0.39 is 0 Å². The maximum atomic E-state index is 12.8. The maximum Gasteiger partial charge on any atom is 0.284 e. The van der Waals surface area contributed by atoms with Crippen molar-refractivity contribution >= 4 is 18.1 Å². The number of methoxy groups -OCH3 is 1. The first-order valence-corrected chi connectivity index (χ1v) is 7.87. The van der Waals surface area contributed by atoms with Gasteiger partial charge in [0.2, 0.25) is 4.77 Å². The third kappa shape index (κ3) is 2.76. The minimum atomic E-state index is -0.314. The van der Waals surface area contributed by atoms with Crippen molar-refractivity contribution in [3.05, 3.63) is 70.3 Å². The van der Waals surface area contributed by atoms with Crippen LogP contribution in [-0.2, 0) is 0 Å². The van der Waals surface area contributed by atoms with Crippen LogP contribution < -0.4 is 4.74 Å². The lowest BCUT2D eigenvalue weighted by Crippen LogP contribution is -2.15. The van der Waals surface area contributed by atoms with Crippen molar-refractivity contribution in [1.82, 2.24) is 14.3 Å². The molecule has 0 aliphatic heterocycles. The van der Waals surface area contributed by atoms with Gasteiger partial charge < -0.3 is 4.74 Å². The largest absolute Gasteiger partial charge is 0.496 e. The van der Waals surface area contributed by atoms with Crippen molar-refractivity contribution in [2.75, 3.05) is 7.11 Å². The highest BCUT2D eigenvalue weighted by Gasteiger charge is 2.19. The number of carbonyl (C=O) groups excluding carboxylic acids is 1. The van der Waals surface area contributed by atoms with Gasteiger partial charge in [0.1, 0.15) is 11.6 Å². The van der Waals surface area contributed by atoms with Crippen molar-refractivity contribution in [2.24, 2.45) is 0 Å². The number of ether oxygens (including phenoxy) is 1. The number of aryl methyl sites for hydroxylation is 2. The van der Waals surface area contributed by atoms with E-state index in [2.05, 4.69) is 5.10 Å². The van der Waals surface area contributed by atoms with Gasteiger partial charge in [-0.15, -0.1) is 5.10 Å². The van der Waals surface area contributed by atoms with Crippen LogP contribution in [0.25, 0.3) is 5.69 Å². The van der Waals surface area contributed by atoms with Gasteiger partial charge in [0.15, 0.2) is 0 Å². The van der Waals surface area contributed by atoms with Gasteiger partial charge in [-0.25, -0.2) is 0 Å². The van der Waals surface area contributed by atoms with E-state index in [9.17, 15) is 4.79 Å². The van der Waals surface area contributed by atoms with E-state index in [4.69, 9.17) is 17.0 Å². The predicted molar refractivity (Wildman–Crippen MR) is 94.6 cm³/mol. The molecule has 0 aliphatic carbocycles. The van der Waals surface area contributed by atoms with Gasteiger partial charge in [-0.05, 0) is 50.3 Å². The molecule has 0 atom stereocenters. The molecule has 0 spiro atoms. The van der Waals surface area contributed by atoms with Gasteiger partial charge >= 0.3 is 0 Å². The Kier molecular flexibility index (Phi) is 4.31. The minimum absolute atomic E-state index is 0.314. The number of hydrogen-bond donors (Lipinski definition) is 0. The highest BCUT2D eigenvalue weighted by atomic mass is 32.1. The Hall–Kier alpha value is -2.73. The van der Waals surface area contributed by atoms with Crippen LogP contribution >= 0.6 is 12.2 Å². The van der Waals surface area contributed by atoms with Crippen molar-refractivity contribution in [2.45, 2.75) is 13.8 Å². The Morgan fingerprint density at radius 3 is 2.42 bits per heavy atom. The second-order valence-electron chi connectivity index (χ2n) is 5.42. The monoisotopic (exact) mass is 339 g/mol. The maximum absolute atomic E-state index is 12.8. The molecular weight excluding hydrogens is 322 g/mol. The zero-order chi connectivity index (χ0) is 17.3. The Labute approximate surface area is 145 Å². The first-order chi connectivity index (χ1) is 11.5. The first-order valence-electron chi connectivity index (χ1n) is 7.46. The van der Waals surface area contributed by atoms with Gasteiger partial charge in [0, 0.05) is 5.69 Å². The lowest BCUT2D eigenvalue weighted by molar-refractivity contribution is 0.0939. The molecular formula is C18H17N3O2S. The smallest absolute Gasteiger partial charge is 0.284 e. The zero-order valence-corrected chi connectivity index (χ0v) is 14.5. The summed E-state index contributed by atoms with van der Waals surface area (Å²) in [5.41, 5.74) is 2.45. The molecule has 24 heavy (non-hydrogen) atoms. The summed E-state index contributed by atoms with van der Waals surface area (Å²) >= 11 is 5.49. The normalized spacial score (nSPS) is 10.6. The molecule has 0 N–H and O–H groups in total. The Balaban J connectivity index is 2.11. The number of aromatic nitrogens is 3. The first kappa shape index (κ1) is 16.1. The van der Waals surface area contributed by atoms with E-state index in [0.29, 0.717) is 21.9 Å². The quantitative estimate of drug-likeness (QED) is 0.683. The molecule has 2 aromatic carbocycles. The Morgan fingerprint density at radius 1 is 1.08 bits per heavy atom. The fourth-order valence-corrected chi connectivity index (χ4v) is 2.89. The van der Waals surface area contributed by atoms with Gasteiger partial charge in [-0.2, -0.15) is 4.68 Å². The lowest BCUT2D eigenvalue weighted by Gasteiger charge is -2.07. The molecule has 122 valence electrons.